The van der Waals surface area contributed by atoms with Crippen molar-refractivity contribution in [2.24, 2.45) is 0 Å². The number of rotatable bonds is 7. The second-order valence-corrected chi connectivity index (χ2v) is 9.06. The van der Waals surface area contributed by atoms with Gasteiger partial charge < -0.3 is 9.30 Å². The number of carbonyl (C=O) groups excluding carboxylic acids is 1. The smallest absolute Gasteiger partial charge is 0.264 e. The summed E-state index contributed by atoms with van der Waals surface area (Å²) in [7, 11) is -2.71. The maximum absolute atomic E-state index is 14.6. The normalized spacial score (nSPS) is 13.6. The van der Waals surface area contributed by atoms with Crippen molar-refractivity contribution in [3.05, 3.63) is 52.5 Å². The third-order valence-corrected chi connectivity index (χ3v) is 6.80. The minimum atomic E-state index is -3.96. The Morgan fingerprint density at radius 1 is 1.28 bits per heavy atom. The van der Waals surface area contributed by atoms with Crippen molar-refractivity contribution in [1.82, 2.24) is 10.0 Å². The molecule has 2 rings (SSSR count). The highest BCUT2D eigenvalue weighted by Gasteiger charge is 2.43. The van der Waals surface area contributed by atoms with E-state index >= 15 is 0 Å². The second-order valence-electron chi connectivity index (χ2n) is 6.61. The Morgan fingerprint density at radius 2 is 1.93 bits per heavy atom. The zero-order valence-electron chi connectivity index (χ0n) is 15.9. The van der Waals surface area contributed by atoms with Crippen molar-refractivity contribution in [2.75, 3.05) is 13.4 Å². The number of benzene rings is 1. The Balaban J connectivity index is 2.39. The van der Waals surface area contributed by atoms with E-state index in [4.69, 9.17) is 9.94 Å². The van der Waals surface area contributed by atoms with Crippen LogP contribution in [0.3, 0.4) is 0 Å². The number of ether oxygens (including phenoxy) is 1. The number of sulfone groups is 1. The Kier molecular flexibility index (Phi) is 6.43. The summed E-state index contributed by atoms with van der Waals surface area (Å²) in [6.45, 7) is 0.786. The van der Waals surface area contributed by atoms with Crippen LogP contribution in [-0.4, -0.2) is 42.2 Å². The van der Waals surface area contributed by atoms with Gasteiger partial charge in [0.25, 0.3) is 11.5 Å². The monoisotopic (exact) mass is 430 g/mol. The molecule has 0 spiro atoms. The van der Waals surface area contributed by atoms with E-state index in [0.29, 0.717) is 0 Å². The lowest BCUT2D eigenvalue weighted by Crippen LogP contribution is -2.50. The lowest BCUT2D eigenvalue weighted by atomic mass is 10.0. The van der Waals surface area contributed by atoms with E-state index in [1.54, 1.807) is 0 Å². The van der Waals surface area contributed by atoms with Crippen molar-refractivity contribution in [1.29, 1.82) is 0 Å². The van der Waals surface area contributed by atoms with Crippen LogP contribution < -0.4 is 15.8 Å². The second kappa shape index (κ2) is 8.29. The van der Waals surface area contributed by atoms with Gasteiger partial charge in [0.15, 0.2) is 26.2 Å². The van der Waals surface area contributed by atoms with E-state index in [-0.39, 0.29) is 29.8 Å². The third kappa shape index (κ3) is 4.46. The largest absolute Gasteiger partial charge is 0.494 e. The molecule has 1 heterocycles. The van der Waals surface area contributed by atoms with Gasteiger partial charge in [0.1, 0.15) is 5.82 Å². The highest BCUT2D eigenvalue weighted by molar-refractivity contribution is 7.92. The molecular formula is C18H20F2N2O6S. The predicted molar refractivity (Wildman–Crippen MR) is 100 cm³/mol. The maximum Gasteiger partial charge on any atom is 0.264 e. The summed E-state index contributed by atoms with van der Waals surface area (Å²) in [5.41, 5.74) is 0.756. The number of aromatic nitrogens is 1. The number of pyridine rings is 1. The van der Waals surface area contributed by atoms with Crippen molar-refractivity contribution in [2.45, 2.75) is 24.6 Å². The molecule has 0 saturated carbocycles. The quantitative estimate of drug-likeness (QED) is 0.508. The molecule has 1 atom stereocenters. The number of nitrogens with zero attached hydrogens (tertiary/aromatic N) is 1. The van der Waals surface area contributed by atoms with Gasteiger partial charge in [-0.15, -0.1) is 0 Å². The molecule has 0 fully saturated rings. The molecule has 2 N–H and O–H groups in total. The van der Waals surface area contributed by atoms with Gasteiger partial charge in [0.2, 0.25) is 0 Å². The number of nitrogens with one attached hydrogen (secondary N) is 1. The first-order valence-corrected chi connectivity index (χ1v) is 10.2. The van der Waals surface area contributed by atoms with Crippen LogP contribution in [0.25, 0.3) is 11.1 Å². The molecule has 0 aliphatic carbocycles. The number of carbonyl (C=O) groups is 1. The molecule has 1 unspecified atom stereocenters. The Morgan fingerprint density at radius 3 is 2.48 bits per heavy atom. The van der Waals surface area contributed by atoms with Crippen LogP contribution in [-0.2, 0) is 21.2 Å². The molecular weight excluding hydrogens is 410 g/mol. The summed E-state index contributed by atoms with van der Waals surface area (Å²) in [5, 5.41) is 8.82. The SMILES string of the molecule is COc1cc(-c2cc(=O)n(CCC(C)(C(=O)NO)S(C)(=O)=O)cc2F)ccc1F. The van der Waals surface area contributed by atoms with Gasteiger partial charge in [0, 0.05) is 30.6 Å². The maximum atomic E-state index is 14.6. The zero-order chi connectivity index (χ0) is 22.0. The zero-order valence-corrected chi connectivity index (χ0v) is 16.7. The summed E-state index contributed by atoms with van der Waals surface area (Å²) in [4.78, 5) is 24.2. The summed E-state index contributed by atoms with van der Waals surface area (Å²) < 4.78 is 55.8. The molecule has 0 aliphatic heterocycles. The van der Waals surface area contributed by atoms with Gasteiger partial charge >= 0.3 is 0 Å². The van der Waals surface area contributed by atoms with Crippen LogP contribution in [0.4, 0.5) is 8.78 Å². The van der Waals surface area contributed by atoms with Gasteiger partial charge in [-0.3, -0.25) is 14.8 Å². The minimum absolute atomic E-state index is 0.0940. The summed E-state index contributed by atoms with van der Waals surface area (Å²) >= 11 is 0. The number of methoxy groups -OCH3 is 1. The Labute approximate surface area is 165 Å². The minimum Gasteiger partial charge on any atom is -0.494 e. The topological polar surface area (TPSA) is 115 Å². The van der Waals surface area contributed by atoms with Gasteiger partial charge in [-0.25, -0.2) is 22.7 Å². The number of hydrogen-bond donors (Lipinski definition) is 2. The van der Waals surface area contributed by atoms with Crippen molar-refractivity contribution < 1.29 is 31.9 Å². The molecule has 0 saturated heterocycles. The van der Waals surface area contributed by atoms with E-state index in [2.05, 4.69) is 0 Å². The fourth-order valence-corrected chi connectivity index (χ4v) is 3.53. The van der Waals surface area contributed by atoms with Crippen LogP contribution in [0.15, 0.2) is 35.3 Å². The molecule has 158 valence electrons. The number of hydrogen-bond acceptors (Lipinski definition) is 6. The first-order valence-electron chi connectivity index (χ1n) is 8.32. The van der Waals surface area contributed by atoms with Gasteiger partial charge in [0.05, 0.1) is 7.11 Å². The first kappa shape index (κ1) is 22.5. The first-order chi connectivity index (χ1) is 13.4. The number of amides is 1. The van der Waals surface area contributed by atoms with Crippen molar-refractivity contribution in [3.63, 3.8) is 0 Å². The molecule has 0 aliphatic rings. The van der Waals surface area contributed by atoms with E-state index < -0.39 is 37.7 Å². The van der Waals surface area contributed by atoms with E-state index in [9.17, 15) is 26.8 Å². The number of aryl methyl sites for hydroxylation is 1. The summed E-state index contributed by atoms with van der Waals surface area (Å²) in [6, 6.07) is 4.58. The van der Waals surface area contributed by atoms with Crippen molar-refractivity contribution in [3.8, 4) is 16.9 Å². The molecule has 0 radical (unpaired) electrons. The standard InChI is InChI=1S/C18H20F2N2O6S/c1-18(17(24)21-25,29(3,26)27)6-7-22-10-14(20)12(9-16(22)23)11-4-5-13(19)15(8-11)28-2/h4-5,8-10,25H,6-7H2,1-3H3,(H,21,24). The van der Waals surface area contributed by atoms with Crippen LogP contribution >= 0.6 is 0 Å². The molecule has 1 aromatic carbocycles. The molecule has 11 heteroatoms. The average molecular weight is 430 g/mol. The molecule has 29 heavy (non-hydrogen) atoms. The van der Waals surface area contributed by atoms with Gasteiger partial charge in [-0.05, 0) is 31.0 Å². The fraction of sp³-hybridized carbons (Fsp3) is 0.333. The third-order valence-electron chi connectivity index (χ3n) is 4.77. The molecule has 2 aromatic rings. The predicted octanol–water partition coefficient (Wildman–Crippen LogP) is 1.50. The number of hydroxylamine groups is 1. The highest BCUT2D eigenvalue weighted by Crippen LogP contribution is 2.28. The molecule has 1 aromatic heterocycles. The van der Waals surface area contributed by atoms with E-state index in [1.165, 1.54) is 24.7 Å². The summed E-state index contributed by atoms with van der Waals surface area (Å²) in [5.74, 6) is -2.74. The van der Waals surface area contributed by atoms with Gasteiger partial charge in [-0.2, -0.15) is 0 Å². The summed E-state index contributed by atoms with van der Waals surface area (Å²) in [6.07, 6.45) is 1.30. The average Bonchev–Trinajstić information content (AvgIpc) is 2.66. The lowest BCUT2D eigenvalue weighted by molar-refractivity contribution is -0.131. The van der Waals surface area contributed by atoms with E-state index in [0.717, 1.165) is 36.1 Å². The van der Waals surface area contributed by atoms with E-state index in [1.807, 2.05) is 0 Å². The molecule has 0 bridgehead atoms. The van der Waals surface area contributed by atoms with Crippen LogP contribution in [0, 0.1) is 11.6 Å². The fourth-order valence-electron chi connectivity index (χ4n) is 2.69. The molecule has 8 nitrogen and oxygen atoms in total. The molecule has 1 amide bonds. The van der Waals surface area contributed by atoms with Gasteiger partial charge in [-0.1, -0.05) is 6.07 Å². The van der Waals surface area contributed by atoms with Crippen molar-refractivity contribution >= 4 is 15.7 Å². The lowest BCUT2D eigenvalue weighted by Gasteiger charge is -2.25. The van der Waals surface area contributed by atoms with Crippen LogP contribution in [0.1, 0.15) is 13.3 Å². The van der Waals surface area contributed by atoms with Crippen LogP contribution in [0.2, 0.25) is 0 Å². The number of halogens is 2. The Hall–Kier alpha value is -2.79. The highest BCUT2D eigenvalue weighted by atomic mass is 32.2. The van der Waals surface area contributed by atoms with Crippen LogP contribution in [0.5, 0.6) is 5.75 Å². The Bertz CT molecular complexity index is 1100.